The number of hydrogen-bond donors (Lipinski definition) is 1. The van der Waals surface area contributed by atoms with Crippen molar-refractivity contribution in [3.63, 3.8) is 0 Å². The van der Waals surface area contributed by atoms with Crippen LogP contribution in [0.4, 0.5) is 4.79 Å². The third kappa shape index (κ3) is 9.39. The van der Waals surface area contributed by atoms with Gasteiger partial charge in [0.25, 0.3) is 0 Å². The first-order chi connectivity index (χ1) is 20.6. The highest BCUT2D eigenvalue weighted by atomic mass is 32.2. The van der Waals surface area contributed by atoms with Crippen molar-refractivity contribution in [1.29, 1.82) is 0 Å². The van der Waals surface area contributed by atoms with E-state index in [1.165, 1.54) is 22.3 Å². The lowest BCUT2D eigenvalue weighted by Crippen LogP contribution is -2.46. The normalized spacial score (nSPS) is 12.8. The highest BCUT2D eigenvalue weighted by Crippen LogP contribution is 2.44. The van der Waals surface area contributed by atoms with Crippen LogP contribution in [0.3, 0.4) is 0 Å². The Bertz CT molecular complexity index is 1390. The molecule has 1 aliphatic rings. The number of rotatable bonds is 16. The van der Waals surface area contributed by atoms with Gasteiger partial charge in [0.15, 0.2) is 21.8 Å². The number of amides is 1. The lowest BCUT2D eigenvalue weighted by Gasteiger charge is -2.34. The molecule has 0 radical (unpaired) electrons. The van der Waals surface area contributed by atoms with Gasteiger partial charge in [0.1, 0.15) is 0 Å². The Hall–Kier alpha value is -3.20. The predicted octanol–water partition coefficient (Wildman–Crippen LogP) is 7.54. The zero-order valence-corrected chi connectivity index (χ0v) is 28.1. The molecule has 0 saturated carbocycles. The third-order valence-electron chi connectivity index (χ3n) is 7.29. The van der Waals surface area contributed by atoms with E-state index in [-0.39, 0.29) is 5.92 Å². The van der Waals surface area contributed by atoms with Crippen molar-refractivity contribution in [2.75, 3.05) is 31.6 Å². The Morgan fingerprint density at radius 3 is 2.28 bits per heavy atom. The molecule has 10 nitrogen and oxygen atoms in total. The SMILES string of the molecule is C[Si](C)(CCCN(CC1c2ccccc2-c2ccccc21)C(=O)O)O[Si](C)(C)CSc1ncc(COCCN=[N+]=[N-])cn1. The van der Waals surface area contributed by atoms with Gasteiger partial charge < -0.3 is 18.9 Å². The predicted molar refractivity (Wildman–Crippen MR) is 175 cm³/mol. The molecule has 0 bridgehead atoms. The lowest BCUT2D eigenvalue weighted by atomic mass is 9.96. The average molecular weight is 637 g/mol. The van der Waals surface area contributed by atoms with E-state index in [2.05, 4.69) is 70.4 Å². The van der Waals surface area contributed by atoms with Crippen molar-refractivity contribution >= 4 is 34.5 Å². The topological polar surface area (TPSA) is 134 Å². The number of fused-ring (bicyclic) bond motifs is 3. The van der Waals surface area contributed by atoms with Crippen LogP contribution >= 0.6 is 11.8 Å². The van der Waals surface area contributed by atoms with Gasteiger partial charge in [0, 0.05) is 53.8 Å². The molecule has 0 saturated heterocycles. The molecular formula is C30H40N6O4SSi2. The molecular weight excluding hydrogens is 597 g/mol. The van der Waals surface area contributed by atoms with Crippen LogP contribution in [0, 0.1) is 0 Å². The van der Waals surface area contributed by atoms with Crippen LogP contribution in [-0.2, 0) is 15.5 Å². The maximum Gasteiger partial charge on any atom is 0.407 e. The summed E-state index contributed by atoms with van der Waals surface area (Å²) in [4.78, 5) is 25.5. The molecule has 4 rings (SSSR count). The van der Waals surface area contributed by atoms with Crippen molar-refractivity contribution in [1.82, 2.24) is 14.9 Å². The molecule has 1 heterocycles. The average Bonchev–Trinajstić information content (AvgIpc) is 3.29. The zero-order chi connectivity index (χ0) is 30.9. The molecule has 1 aliphatic carbocycles. The molecule has 43 heavy (non-hydrogen) atoms. The Kier molecular flexibility index (Phi) is 11.4. The Morgan fingerprint density at radius 1 is 1.05 bits per heavy atom. The minimum absolute atomic E-state index is 0.0429. The first kappa shape index (κ1) is 32.7. The van der Waals surface area contributed by atoms with Crippen LogP contribution in [0.2, 0.25) is 32.2 Å². The third-order valence-corrected chi connectivity index (χ3v) is 17.1. The van der Waals surface area contributed by atoms with Gasteiger partial charge in [0.05, 0.1) is 13.2 Å². The number of thioether (sulfide) groups is 1. The second-order valence-corrected chi connectivity index (χ2v) is 22.0. The monoisotopic (exact) mass is 636 g/mol. The number of hydrogen-bond acceptors (Lipinski definition) is 7. The molecule has 0 aliphatic heterocycles. The minimum Gasteiger partial charge on any atom is -0.465 e. The summed E-state index contributed by atoms with van der Waals surface area (Å²) in [5, 5.41) is 15.1. The van der Waals surface area contributed by atoms with Gasteiger partial charge >= 0.3 is 6.09 Å². The van der Waals surface area contributed by atoms with E-state index in [0.717, 1.165) is 23.4 Å². The smallest absolute Gasteiger partial charge is 0.407 e. The Labute approximate surface area is 259 Å². The van der Waals surface area contributed by atoms with Crippen LogP contribution in [0.1, 0.15) is 29.0 Å². The van der Waals surface area contributed by atoms with E-state index < -0.39 is 22.7 Å². The highest BCUT2D eigenvalue weighted by Gasteiger charge is 2.34. The molecule has 0 fully saturated rings. The quantitative estimate of drug-likeness (QED) is 0.0326. The van der Waals surface area contributed by atoms with Crippen molar-refractivity contribution in [3.8, 4) is 11.1 Å². The van der Waals surface area contributed by atoms with Crippen LogP contribution < -0.4 is 0 Å². The Morgan fingerprint density at radius 2 is 1.67 bits per heavy atom. The molecule has 13 heteroatoms. The number of carboxylic acid groups (broad SMARTS) is 1. The summed E-state index contributed by atoms with van der Waals surface area (Å²) in [6, 6.07) is 17.5. The fourth-order valence-electron chi connectivity index (χ4n) is 5.54. The first-order valence-electron chi connectivity index (χ1n) is 14.5. The number of benzene rings is 2. The molecule has 0 unspecified atom stereocenters. The molecule has 3 aromatic rings. The summed E-state index contributed by atoms with van der Waals surface area (Å²) in [6.07, 6.45) is 3.41. The molecule has 2 aromatic carbocycles. The molecule has 0 atom stereocenters. The van der Waals surface area contributed by atoms with Crippen molar-refractivity contribution in [3.05, 3.63) is 88.1 Å². The van der Waals surface area contributed by atoms with Crippen LogP contribution in [0.5, 0.6) is 0 Å². The van der Waals surface area contributed by atoms with Crippen molar-refractivity contribution in [2.24, 2.45) is 5.11 Å². The number of ether oxygens (including phenoxy) is 1. The molecule has 1 aromatic heterocycles. The van der Waals surface area contributed by atoms with Gasteiger partial charge in [-0.3, -0.25) is 0 Å². The maximum absolute atomic E-state index is 12.3. The van der Waals surface area contributed by atoms with Crippen LogP contribution in [0.25, 0.3) is 21.6 Å². The van der Waals surface area contributed by atoms with E-state index >= 15 is 0 Å². The number of azide groups is 1. The van der Waals surface area contributed by atoms with Gasteiger partial charge in [0.2, 0.25) is 0 Å². The summed E-state index contributed by atoms with van der Waals surface area (Å²) in [6.45, 7) is 10.9. The summed E-state index contributed by atoms with van der Waals surface area (Å²) in [7, 11) is -4.06. The fourth-order valence-corrected chi connectivity index (χ4v) is 15.9. The second-order valence-electron chi connectivity index (χ2n) is 11.9. The zero-order valence-electron chi connectivity index (χ0n) is 25.3. The standard InChI is InChI=1S/C30H40N6O4SSi2/c1-42(2,40-43(3,4)22-41-29-32-18-23(19-33-29)21-39-16-14-34-35-31)17-9-15-36(30(37)38)20-28-26-12-7-5-10-24(26)25-11-6-8-13-27(25)28/h5-8,10-13,18-19,28H,9,14-17,20-22H2,1-4H3,(H,37,38). The molecule has 0 spiro atoms. The number of carbonyl (C=O) groups is 1. The van der Waals surface area contributed by atoms with Crippen LogP contribution in [0.15, 0.2) is 71.2 Å². The van der Waals surface area contributed by atoms with Gasteiger partial charge in [-0.15, -0.1) is 0 Å². The van der Waals surface area contributed by atoms with Gasteiger partial charge in [-0.05, 0) is 66.4 Å². The van der Waals surface area contributed by atoms with Crippen LogP contribution in [-0.4, -0.2) is 74.3 Å². The summed E-state index contributed by atoms with van der Waals surface area (Å²) >= 11 is 1.61. The van der Waals surface area contributed by atoms with Gasteiger partial charge in [-0.1, -0.05) is 65.4 Å². The van der Waals surface area contributed by atoms with Gasteiger partial charge in [-0.25, -0.2) is 14.8 Å². The summed E-state index contributed by atoms with van der Waals surface area (Å²) < 4.78 is 12.3. The van der Waals surface area contributed by atoms with Crippen molar-refractivity contribution in [2.45, 2.75) is 56.3 Å². The lowest BCUT2D eigenvalue weighted by molar-refractivity contribution is 0.127. The summed E-state index contributed by atoms with van der Waals surface area (Å²) in [5.74, 6) is 0.0429. The molecule has 228 valence electrons. The van der Waals surface area contributed by atoms with E-state index in [0.29, 0.717) is 38.0 Å². The largest absolute Gasteiger partial charge is 0.465 e. The maximum atomic E-state index is 12.3. The number of aromatic nitrogens is 2. The second kappa shape index (κ2) is 15.0. The minimum atomic E-state index is -2.03. The fraction of sp³-hybridized carbons (Fsp3) is 0.433. The molecule has 1 amide bonds. The van der Waals surface area contributed by atoms with E-state index in [4.69, 9.17) is 14.4 Å². The van der Waals surface area contributed by atoms with Crippen molar-refractivity contribution < 1.29 is 18.8 Å². The van der Waals surface area contributed by atoms with E-state index in [9.17, 15) is 9.90 Å². The highest BCUT2D eigenvalue weighted by molar-refractivity contribution is 8.00. The number of nitrogens with zero attached hydrogens (tertiary/aromatic N) is 6. The molecule has 1 N–H and O–H groups in total. The van der Waals surface area contributed by atoms with E-state index in [1.54, 1.807) is 29.1 Å². The van der Waals surface area contributed by atoms with E-state index in [1.807, 2.05) is 24.3 Å². The summed E-state index contributed by atoms with van der Waals surface area (Å²) in [5.41, 5.74) is 14.0. The van der Waals surface area contributed by atoms with Gasteiger partial charge in [-0.2, -0.15) is 0 Å². The first-order valence-corrected chi connectivity index (χ1v) is 21.7. The Balaban J connectivity index is 1.25.